The van der Waals surface area contributed by atoms with Crippen molar-refractivity contribution in [2.75, 3.05) is 20.6 Å². The van der Waals surface area contributed by atoms with E-state index < -0.39 is 5.60 Å². The summed E-state index contributed by atoms with van der Waals surface area (Å²) < 4.78 is 5.60. The van der Waals surface area contributed by atoms with E-state index in [-0.39, 0.29) is 18.4 Å². The molecule has 1 unspecified atom stereocenters. The highest BCUT2D eigenvalue weighted by Gasteiger charge is 2.27. The molecule has 0 aliphatic carbocycles. The van der Waals surface area contributed by atoms with Gasteiger partial charge in [-0.3, -0.25) is 0 Å². The summed E-state index contributed by atoms with van der Waals surface area (Å²) in [5, 5.41) is 0. The molecule has 0 bridgehead atoms. The lowest BCUT2D eigenvalue weighted by atomic mass is 10.0. The summed E-state index contributed by atoms with van der Waals surface area (Å²) in [6.07, 6.45) is 0.795. The van der Waals surface area contributed by atoms with Crippen molar-refractivity contribution >= 4 is 5.97 Å². The fourth-order valence-corrected chi connectivity index (χ4v) is 1.74. The number of carbonyl (C=O) groups excluding carboxylic acids is 1. The van der Waals surface area contributed by atoms with Crippen LogP contribution in [0.3, 0.4) is 0 Å². The molecule has 0 aromatic heterocycles. The normalized spacial score (nSPS) is 13.6. The van der Waals surface area contributed by atoms with Gasteiger partial charge in [0.25, 0.3) is 0 Å². The van der Waals surface area contributed by atoms with Crippen LogP contribution in [-0.2, 0) is 4.74 Å². The van der Waals surface area contributed by atoms with Gasteiger partial charge in [-0.1, -0.05) is 25.1 Å². The third-order valence-electron chi connectivity index (χ3n) is 2.75. The van der Waals surface area contributed by atoms with E-state index in [9.17, 15) is 4.79 Å². The lowest BCUT2D eigenvalue weighted by Gasteiger charge is -2.31. The third-order valence-corrected chi connectivity index (χ3v) is 2.75. The van der Waals surface area contributed by atoms with E-state index in [1.807, 2.05) is 51.0 Å². The summed E-state index contributed by atoms with van der Waals surface area (Å²) in [4.78, 5) is 14.0. The van der Waals surface area contributed by atoms with Crippen molar-refractivity contribution in [3.05, 3.63) is 35.9 Å². The fraction of sp³-hybridized carbons (Fsp3) is 0.500. The largest absolute Gasteiger partial charge is 1.00 e. The molecule has 0 radical (unpaired) electrons. The predicted molar refractivity (Wildman–Crippen MR) is 69.1 cm³/mol. The molecule has 1 atom stereocenters. The van der Waals surface area contributed by atoms with Gasteiger partial charge in [0.15, 0.2) is 0 Å². The number of likely N-dealkylation sites (N-methyl/N-ethyl adjacent to an activating group) is 1. The molecule has 18 heavy (non-hydrogen) atoms. The van der Waals surface area contributed by atoms with Crippen molar-refractivity contribution in [3.63, 3.8) is 0 Å². The van der Waals surface area contributed by atoms with Crippen LogP contribution < -0.4 is 12.4 Å². The second-order valence-electron chi connectivity index (χ2n) is 4.80. The van der Waals surface area contributed by atoms with Gasteiger partial charge in [-0.15, -0.1) is 0 Å². The van der Waals surface area contributed by atoms with E-state index in [4.69, 9.17) is 4.74 Å². The van der Waals surface area contributed by atoms with Crippen LogP contribution in [0.5, 0.6) is 0 Å². The second kappa shape index (κ2) is 7.39. The van der Waals surface area contributed by atoms with E-state index in [1.165, 1.54) is 0 Å². The van der Waals surface area contributed by atoms with Gasteiger partial charge in [0.2, 0.25) is 0 Å². The zero-order valence-electron chi connectivity index (χ0n) is 11.4. The summed E-state index contributed by atoms with van der Waals surface area (Å²) in [6.45, 7) is 4.72. The molecular weight excluding hydrogens is 250 g/mol. The molecule has 3 nitrogen and oxygen atoms in total. The highest BCUT2D eigenvalue weighted by molar-refractivity contribution is 5.89. The molecular formula is C14H21ClNO2-. The monoisotopic (exact) mass is 270 g/mol. The second-order valence-corrected chi connectivity index (χ2v) is 4.80. The smallest absolute Gasteiger partial charge is 0.338 e. The Balaban J connectivity index is 0.00000289. The molecule has 0 heterocycles. The number of carbonyl (C=O) groups is 1. The molecule has 0 aliphatic rings. The minimum Gasteiger partial charge on any atom is -1.00 e. The van der Waals surface area contributed by atoms with Crippen molar-refractivity contribution in [1.29, 1.82) is 0 Å². The van der Waals surface area contributed by atoms with E-state index in [2.05, 4.69) is 0 Å². The van der Waals surface area contributed by atoms with Crippen LogP contribution in [0.25, 0.3) is 0 Å². The average Bonchev–Trinajstić information content (AvgIpc) is 2.29. The van der Waals surface area contributed by atoms with Crippen LogP contribution in [0.2, 0.25) is 0 Å². The van der Waals surface area contributed by atoms with E-state index in [1.54, 1.807) is 12.1 Å². The Bertz CT molecular complexity index is 367. The highest BCUT2D eigenvalue weighted by Crippen LogP contribution is 2.18. The van der Waals surface area contributed by atoms with Crippen molar-refractivity contribution in [1.82, 2.24) is 4.90 Å². The first-order valence-electron chi connectivity index (χ1n) is 5.90. The van der Waals surface area contributed by atoms with Crippen LogP contribution in [0, 0.1) is 0 Å². The molecule has 0 N–H and O–H groups in total. The van der Waals surface area contributed by atoms with E-state index >= 15 is 0 Å². The van der Waals surface area contributed by atoms with Crippen LogP contribution in [-0.4, -0.2) is 37.1 Å². The summed E-state index contributed by atoms with van der Waals surface area (Å²) in [5.41, 5.74) is 0.169. The van der Waals surface area contributed by atoms with Gasteiger partial charge in [0.05, 0.1) is 5.56 Å². The zero-order chi connectivity index (χ0) is 12.9. The molecule has 0 amide bonds. The van der Waals surface area contributed by atoms with Gasteiger partial charge in [0, 0.05) is 6.54 Å². The number of hydrogen-bond acceptors (Lipinski definition) is 3. The maximum absolute atomic E-state index is 12.0. The van der Waals surface area contributed by atoms with Gasteiger partial charge in [-0.25, -0.2) is 4.79 Å². The highest BCUT2D eigenvalue weighted by atomic mass is 35.5. The Morgan fingerprint density at radius 3 is 2.28 bits per heavy atom. The first kappa shape index (κ1) is 16.9. The summed E-state index contributed by atoms with van der Waals surface area (Å²) >= 11 is 0. The minimum atomic E-state index is -0.434. The van der Waals surface area contributed by atoms with Crippen molar-refractivity contribution in [2.45, 2.75) is 25.9 Å². The zero-order valence-corrected chi connectivity index (χ0v) is 12.2. The number of rotatable bonds is 5. The minimum absolute atomic E-state index is 0. The van der Waals surface area contributed by atoms with Gasteiger partial charge in [-0.05, 0) is 39.6 Å². The first-order chi connectivity index (χ1) is 7.97. The number of ether oxygens (including phenoxy) is 1. The average molecular weight is 271 g/mol. The third kappa shape index (κ3) is 5.07. The summed E-state index contributed by atoms with van der Waals surface area (Å²) in [6, 6.07) is 9.11. The number of halogens is 1. The molecule has 4 heteroatoms. The summed E-state index contributed by atoms with van der Waals surface area (Å²) in [5.74, 6) is -0.253. The summed E-state index contributed by atoms with van der Waals surface area (Å²) in [7, 11) is 3.95. The molecule has 0 aliphatic heterocycles. The number of hydrogen-bond donors (Lipinski definition) is 0. The van der Waals surface area contributed by atoms with Gasteiger partial charge < -0.3 is 22.0 Å². The predicted octanol–water partition coefficient (Wildman–Crippen LogP) is -0.422. The van der Waals surface area contributed by atoms with Gasteiger partial charge in [0.1, 0.15) is 5.60 Å². The Kier molecular flexibility index (Phi) is 6.96. The van der Waals surface area contributed by atoms with Crippen molar-refractivity contribution in [3.8, 4) is 0 Å². The van der Waals surface area contributed by atoms with Gasteiger partial charge >= 0.3 is 5.97 Å². The van der Waals surface area contributed by atoms with E-state index in [0.29, 0.717) is 5.56 Å². The van der Waals surface area contributed by atoms with Crippen LogP contribution >= 0.6 is 0 Å². The van der Waals surface area contributed by atoms with Gasteiger partial charge in [-0.2, -0.15) is 0 Å². The molecule has 0 spiro atoms. The van der Waals surface area contributed by atoms with Crippen LogP contribution in [0.4, 0.5) is 0 Å². The number of benzene rings is 1. The molecule has 1 aromatic rings. The first-order valence-corrected chi connectivity index (χ1v) is 5.90. The van der Waals surface area contributed by atoms with Crippen LogP contribution in [0.15, 0.2) is 30.3 Å². The quantitative estimate of drug-likeness (QED) is 0.681. The van der Waals surface area contributed by atoms with Crippen LogP contribution in [0.1, 0.15) is 30.6 Å². The Hall–Kier alpha value is -1.06. The molecule has 102 valence electrons. The molecule has 1 aromatic carbocycles. The topological polar surface area (TPSA) is 29.5 Å². The van der Waals surface area contributed by atoms with E-state index in [0.717, 1.165) is 13.0 Å². The van der Waals surface area contributed by atoms with Crippen molar-refractivity contribution < 1.29 is 21.9 Å². The number of esters is 1. The SMILES string of the molecule is CCC(C)(CN(C)C)OC(=O)c1ccccc1.[Cl-]. The Labute approximate surface area is 116 Å². The maximum Gasteiger partial charge on any atom is 0.338 e. The maximum atomic E-state index is 12.0. The molecule has 0 fully saturated rings. The number of nitrogens with zero attached hydrogens (tertiary/aromatic N) is 1. The lowest BCUT2D eigenvalue weighted by molar-refractivity contribution is -0.0220. The Morgan fingerprint density at radius 1 is 1.28 bits per heavy atom. The molecule has 0 saturated heterocycles. The molecule has 0 saturated carbocycles. The lowest BCUT2D eigenvalue weighted by Crippen LogP contribution is -3.00. The fourth-order valence-electron chi connectivity index (χ4n) is 1.74. The van der Waals surface area contributed by atoms with Crippen molar-refractivity contribution in [2.24, 2.45) is 0 Å². The standard InChI is InChI=1S/C14H21NO2.ClH/c1-5-14(2,11-15(3)4)17-13(16)12-9-7-6-8-10-12;/h6-10H,5,11H2,1-4H3;1H/p-1. The molecule has 1 rings (SSSR count). The Morgan fingerprint density at radius 2 is 1.83 bits per heavy atom.